The predicted octanol–water partition coefficient (Wildman–Crippen LogP) is 5.99. The molecule has 1 aliphatic carbocycles. The Labute approximate surface area is 150 Å². The molecule has 0 N–H and O–H groups in total. The molecule has 0 saturated heterocycles. The lowest BCUT2D eigenvalue weighted by Gasteiger charge is -2.27. The maximum atomic E-state index is 14.2. The van der Waals surface area contributed by atoms with Gasteiger partial charge in [-0.3, -0.25) is 0 Å². The fraction of sp³-hybridized carbons (Fsp3) is 0.545. The Kier molecular flexibility index (Phi) is 6.17. The van der Waals surface area contributed by atoms with E-state index in [0.717, 1.165) is 35.9 Å². The summed E-state index contributed by atoms with van der Waals surface area (Å²) in [5.74, 6) is 1.57. The van der Waals surface area contributed by atoms with Crippen molar-refractivity contribution in [1.82, 2.24) is 10.2 Å². The molecule has 25 heavy (non-hydrogen) atoms. The second-order valence-electron chi connectivity index (χ2n) is 7.41. The molecule has 1 saturated carbocycles. The monoisotopic (exact) mass is 340 g/mol. The Bertz CT molecular complexity index is 673. The molecule has 0 spiro atoms. The quantitative estimate of drug-likeness (QED) is 0.645. The first-order chi connectivity index (χ1) is 12.2. The van der Waals surface area contributed by atoms with Crippen LogP contribution in [-0.4, -0.2) is 10.2 Å². The van der Waals surface area contributed by atoms with Gasteiger partial charge in [-0.25, -0.2) is 4.39 Å². The summed E-state index contributed by atoms with van der Waals surface area (Å²) in [6, 6.07) is 9.27. The van der Waals surface area contributed by atoms with Crippen molar-refractivity contribution in [3.05, 3.63) is 47.4 Å². The zero-order valence-electron chi connectivity index (χ0n) is 15.5. The lowest BCUT2D eigenvalue weighted by molar-refractivity contribution is 0.258. The second-order valence-corrected chi connectivity index (χ2v) is 7.41. The molecule has 1 aliphatic rings. The van der Waals surface area contributed by atoms with Crippen LogP contribution in [-0.2, 0) is 12.8 Å². The van der Waals surface area contributed by atoms with E-state index < -0.39 is 0 Å². The molecule has 2 aromatic rings. The number of halogens is 1. The zero-order valence-corrected chi connectivity index (χ0v) is 15.5. The van der Waals surface area contributed by atoms with Crippen LogP contribution < -0.4 is 0 Å². The van der Waals surface area contributed by atoms with Crippen LogP contribution in [0.15, 0.2) is 30.3 Å². The van der Waals surface area contributed by atoms with Crippen LogP contribution in [0.4, 0.5) is 4.39 Å². The third kappa shape index (κ3) is 4.65. The van der Waals surface area contributed by atoms with Gasteiger partial charge in [0.25, 0.3) is 0 Å². The van der Waals surface area contributed by atoms with Crippen LogP contribution in [0.25, 0.3) is 11.3 Å². The van der Waals surface area contributed by atoms with Crippen molar-refractivity contribution >= 4 is 0 Å². The zero-order chi connectivity index (χ0) is 17.6. The van der Waals surface area contributed by atoms with Crippen LogP contribution in [0.3, 0.4) is 0 Å². The van der Waals surface area contributed by atoms with E-state index in [9.17, 15) is 4.39 Å². The van der Waals surface area contributed by atoms with Gasteiger partial charge < -0.3 is 0 Å². The Hall–Kier alpha value is -1.77. The summed E-state index contributed by atoms with van der Waals surface area (Å²) in [7, 11) is 0. The number of aryl methyl sites for hydroxylation is 2. The minimum absolute atomic E-state index is 0.214. The highest BCUT2D eigenvalue weighted by molar-refractivity contribution is 5.59. The van der Waals surface area contributed by atoms with E-state index in [0.29, 0.717) is 11.3 Å². The van der Waals surface area contributed by atoms with Gasteiger partial charge in [0.15, 0.2) is 0 Å². The molecule has 2 nitrogen and oxygen atoms in total. The van der Waals surface area contributed by atoms with Gasteiger partial charge in [-0.15, -0.1) is 0 Å². The summed E-state index contributed by atoms with van der Waals surface area (Å²) in [5.41, 5.74) is 3.18. The number of nitrogens with zero attached hydrogens (tertiary/aromatic N) is 2. The highest BCUT2D eigenvalue weighted by atomic mass is 19.1. The standard InChI is InChI=1S/C22H29FN2/c1-3-16-5-7-18(8-6-16)9-11-19-12-14-22(25-24-19)20-13-10-17(4-2)15-21(20)23/h10,12-16,18H,3-9,11H2,1-2H3. The number of hydrogen-bond donors (Lipinski definition) is 0. The lowest BCUT2D eigenvalue weighted by Crippen LogP contribution is -2.14. The van der Waals surface area contributed by atoms with Crippen molar-refractivity contribution < 1.29 is 4.39 Å². The second kappa shape index (κ2) is 8.55. The molecular weight excluding hydrogens is 311 g/mol. The van der Waals surface area contributed by atoms with Crippen LogP contribution in [0.2, 0.25) is 0 Å². The van der Waals surface area contributed by atoms with E-state index in [2.05, 4.69) is 17.1 Å². The molecule has 1 heterocycles. The van der Waals surface area contributed by atoms with Gasteiger partial charge in [0, 0.05) is 5.56 Å². The van der Waals surface area contributed by atoms with Crippen molar-refractivity contribution in [3.63, 3.8) is 0 Å². The molecule has 0 atom stereocenters. The summed E-state index contributed by atoms with van der Waals surface area (Å²) in [5, 5.41) is 8.60. The number of aromatic nitrogens is 2. The van der Waals surface area contributed by atoms with Crippen molar-refractivity contribution in [2.24, 2.45) is 11.8 Å². The molecular formula is C22H29FN2. The van der Waals surface area contributed by atoms with E-state index in [1.54, 1.807) is 6.07 Å². The molecule has 0 unspecified atom stereocenters. The van der Waals surface area contributed by atoms with E-state index in [1.165, 1.54) is 38.5 Å². The molecule has 3 heteroatoms. The normalized spacial score (nSPS) is 20.6. The van der Waals surface area contributed by atoms with Gasteiger partial charge >= 0.3 is 0 Å². The highest BCUT2D eigenvalue weighted by Gasteiger charge is 2.19. The first-order valence-corrected chi connectivity index (χ1v) is 9.81. The van der Waals surface area contributed by atoms with Gasteiger partial charge in [0.05, 0.1) is 11.4 Å². The molecule has 0 radical (unpaired) electrons. The molecule has 1 aromatic carbocycles. The van der Waals surface area contributed by atoms with E-state index in [1.807, 2.05) is 31.2 Å². The van der Waals surface area contributed by atoms with Gasteiger partial charge in [0.2, 0.25) is 0 Å². The lowest BCUT2D eigenvalue weighted by atomic mass is 9.79. The molecule has 3 rings (SSSR count). The maximum absolute atomic E-state index is 14.2. The molecule has 0 amide bonds. The van der Waals surface area contributed by atoms with Gasteiger partial charge in [-0.05, 0) is 60.9 Å². The summed E-state index contributed by atoms with van der Waals surface area (Å²) in [4.78, 5) is 0. The fourth-order valence-electron chi connectivity index (χ4n) is 3.90. The molecule has 134 valence electrons. The van der Waals surface area contributed by atoms with Crippen LogP contribution in [0.1, 0.15) is 63.6 Å². The summed E-state index contributed by atoms with van der Waals surface area (Å²) < 4.78 is 14.2. The first-order valence-electron chi connectivity index (χ1n) is 9.81. The van der Waals surface area contributed by atoms with E-state index in [-0.39, 0.29) is 5.82 Å². The van der Waals surface area contributed by atoms with Crippen molar-refractivity contribution in [3.8, 4) is 11.3 Å². The first kappa shape index (κ1) is 18.0. The third-order valence-corrected chi connectivity index (χ3v) is 5.79. The number of benzene rings is 1. The Morgan fingerprint density at radius 1 is 0.960 bits per heavy atom. The Morgan fingerprint density at radius 3 is 2.32 bits per heavy atom. The molecule has 0 aliphatic heterocycles. The van der Waals surface area contributed by atoms with Gasteiger partial charge in [-0.1, -0.05) is 52.0 Å². The SMILES string of the molecule is CCc1ccc(-c2ccc(CCC3CCC(CC)CC3)nn2)c(F)c1. The third-order valence-electron chi connectivity index (χ3n) is 5.79. The largest absolute Gasteiger partial charge is 0.206 e. The van der Waals surface area contributed by atoms with Gasteiger partial charge in [-0.2, -0.15) is 10.2 Å². The van der Waals surface area contributed by atoms with Crippen molar-refractivity contribution in [1.29, 1.82) is 0 Å². The van der Waals surface area contributed by atoms with Crippen LogP contribution in [0, 0.1) is 17.7 Å². The van der Waals surface area contributed by atoms with Crippen molar-refractivity contribution in [2.45, 2.75) is 65.2 Å². The minimum atomic E-state index is -0.214. The highest BCUT2D eigenvalue weighted by Crippen LogP contribution is 2.33. The number of rotatable bonds is 6. The fourth-order valence-corrected chi connectivity index (χ4v) is 3.90. The van der Waals surface area contributed by atoms with Gasteiger partial charge in [0.1, 0.15) is 5.82 Å². The molecule has 1 aromatic heterocycles. The Morgan fingerprint density at radius 2 is 1.72 bits per heavy atom. The minimum Gasteiger partial charge on any atom is -0.206 e. The Balaban J connectivity index is 1.57. The average molecular weight is 340 g/mol. The summed E-state index contributed by atoms with van der Waals surface area (Å²) >= 11 is 0. The topological polar surface area (TPSA) is 25.8 Å². The average Bonchev–Trinajstić information content (AvgIpc) is 2.67. The number of hydrogen-bond acceptors (Lipinski definition) is 2. The van der Waals surface area contributed by atoms with Crippen LogP contribution in [0.5, 0.6) is 0 Å². The predicted molar refractivity (Wildman–Crippen MR) is 101 cm³/mol. The summed E-state index contributed by atoms with van der Waals surface area (Å²) in [6.45, 7) is 4.33. The smallest absolute Gasteiger partial charge is 0.132 e. The van der Waals surface area contributed by atoms with E-state index in [4.69, 9.17) is 0 Å². The molecule has 1 fully saturated rings. The van der Waals surface area contributed by atoms with E-state index >= 15 is 0 Å². The van der Waals surface area contributed by atoms with Crippen LogP contribution >= 0.6 is 0 Å². The maximum Gasteiger partial charge on any atom is 0.132 e. The summed E-state index contributed by atoms with van der Waals surface area (Å²) in [6.07, 6.45) is 9.84. The molecule has 0 bridgehead atoms. The van der Waals surface area contributed by atoms with Crippen molar-refractivity contribution in [2.75, 3.05) is 0 Å².